The van der Waals surface area contributed by atoms with Crippen molar-refractivity contribution in [1.29, 1.82) is 0 Å². The zero-order valence-corrected chi connectivity index (χ0v) is 11.3. The van der Waals surface area contributed by atoms with Crippen LogP contribution < -0.4 is 4.74 Å². The van der Waals surface area contributed by atoms with Gasteiger partial charge in [-0.15, -0.1) is 0 Å². The first kappa shape index (κ1) is 14.5. The molecule has 1 N–H and O–H groups in total. The fourth-order valence-corrected chi connectivity index (χ4v) is 1.92. The number of rotatable bonds is 5. The molecule has 0 bridgehead atoms. The van der Waals surface area contributed by atoms with Gasteiger partial charge in [0.1, 0.15) is 23.7 Å². The molecular weight excluding hydrogens is 274 g/mol. The maximum atomic E-state index is 11.4. The second-order valence-corrected chi connectivity index (χ2v) is 4.42. The fourth-order valence-electron chi connectivity index (χ4n) is 1.92. The largest absolute Gasteiger partial charge is 0.507 e. The van der Waals surface area contributed by atoms with E-state index in [-0.39, 0.29) is 17.9 Å². The molecule has 0 saturated heterocycles. The summed E-state index contributed by atoms with van der Waals surface area (Å²) >= 11 is 0. The van der Waals surface area contributed by atoms with Crippen LogP contribution in [0, 0.1) is 10.1 Å². The van der Waals surface area contributed by atoms with E-state index >= 15 is 0 Å². The van der Waals surface area contributed by atoms with Crippen LogP contribution in [-0.4, -0.2) is 15.8 Å². The van der Waals surface area contributed by atoms with Gasteiger partial charge in [0, 0.05) is 6.07 Å². The van der Waals surface area contributed by atoms with Gasteiger partial charge in [0.15, 0.2) is 5.78 Å². The molecular formula is C15H13NO5. The number of ether oxygens (including phenoxy) is 1. The molecule has 0 heterocycles. The van der Waals surface area contributed by atoms with E-state index in [2.05, 4.69) is 0 Å². The van der Waals surface area contributed by atoms with E-state index in [0.717, 1.165) is 18.6 Å². The predicted octanol–water partition coefficient (Wildman–Crippen LogP) is 3.08. The molecule has 6 heteroatoms. The third-order valence-electron chi connectivity index (χ3n) is 2.87. The topological polar surface area (TPSA) is 89.7 Å². The Morgan fingerprint density at radius 3 is 2.52 bits per heavy atom. The van der Waals surface area contributed by atoms with Crippen LogP contribution in [0.5, 0.6) is 11.5 Å². The maximum Gasteiger partial charge on any atom is 0.287 e. The van der Waals surface area contributed by atoms with E-state index in [9.17, 15) is 20.0 Å². The number of hydrogen-bond acceptors (Lipinski definition) is 5. The van der Waals surface area contributed by atoms with Gasteiger partial charge in [-0.3, -0.25) is 14.9 Å². The molecule has 6 nitrogen and oxygen atoms in total. The quantitative estimate of drug-likeness (QED) is 0.518. The van der Waals surface area contributed by atoms with Crippen molar-refractivity contribution in [3.63, 3.8) is 0 Å². The minimum Gasteiger partial charge on any atom is -0.507 e. The number of Topliss-reactive ketones (excluding diaryl/α,β-unsaturated/α-hetero) is 1. The second kappa shape index (κ2) is 6.04. The van der Waals surface area contributed by atoms with Crippen LogP contribution in [0.4, 0.5) is 5.69 Å². The third kappa shape index (κ3) is 3.36. The van der Waals surface area contributed by atoms with Crippen LogP contribution in [0.25, 0.3) is 0 Å². The Morgan fingerprint density at radius 2 is 1.95 bits per heavy atom. The molecule has 0 saturated carbocycles. The Balaban J connectivity index is 2.29. The maximum absolute atomic E-state index is 11.4. The molecule has 2 rings (SSSR count). The van der Waals surface area contributed by atoms with E-state index in [0.29, 0.717) is 0 Å². The Kier molecular flexibility index (Phi) is 4.18. The highest BCUT2D eigenvalue weighted by molar-refractivity contribution is 6.01. The Bertz CT molecular complexity index is 682. The van der Waals surface area contributed by atoms with E-state index < -0.39 is 22.1 Å². The molecule has 0 aliphatic carbocycles. The summed E-state index contributed by atoms with van der Waals surface area (Å²) in [5, 5.41) is 20.8. The average molecular weight is 287 g/mol. The average Bonchev–Trinajstić information content (AvgIpc) is 2.45. The first-order valence-electron chi connectivity index (χ1n) is 6.18. The Hall–Kier alpha value is -2.89. The number of benzene rings is 2. The highest BCUT2D eigenvalue weighted by atomic mass is 16.6. The van der Waals surface area contributed by atoms with Crippen LogP contribution in [0.3, 0.4) is 0 Å². The van der Waals surface area contributed by atoms with Crippen LogP contribution in [0.1, 0.15) is 22.8 Å². The molecule has 0 aromatic heterocycles. The number of nitrogens with zero attached hydrogens (tertiary/aromatic N) is 1. The van der Waals surface area contributed by atoms with Gasteiger partial charge in [0.05, 0.1) is 11.0 Å². The first-order valence-corrected chi connectivity index (χ1v) is 6.18. The summed E-state index contributed by atoms with van der Waals surface area (Å²) in [5.74, 6) is -0.901. The molecule has 0 radical (unpaired) electrons. The van der Waals surface area contributed by atoms with Crippen molar-refractivity contribution in [3.05, 3.63) is 63.7 Å². The van der Waals surface area contributed by atoms with Crippen molar-refractivity contribution in [2.45, 2.75) is 13.5 Å². The smallest absolute Gasteiger partial charge is 0.287 e. The Labute approximate surface area is 120 Å². The summed E-state index contributed by atoms with van der Waals surface area (Å²) in [5.41, 5.74) is 0.105. The number of hydrogen-bond donors (Lipinski definition) is 1. The monoisotopic (exact) mass is 287 g/mol. The number of nitro benzene ring substituents is 1. The normalized spacial score (nSPS) is 10.1. The van der Waals surface area contributed by atoms with Gasteiger partial charge in [0.25, 0.3) is 5.69 Å². The molecule has 0 unspecified atom stereocenters. The number of aromatic hydroxyl groups is 1. The van der Waals surface area contributed by atoms with Crippen LogP contribution in [-0.2, 0) is 6.61 Å². The van der Waals surface area contributed by atoms with Gasteiger partial charge in [-0.25, -0.2) is 0 Å². The van der Waals surface area contributed by atoms with Crippen molar-refractivity contribution in [2.24, 2.45) is 0 Å². The minimum atomic E-state index is -0.716. The lowest BCUT2D eigenvalue weighted by Gasteiger charge is -2.09. The SMILES string of the molecule is CC(=O)c1c(O)cc(OCc2ccccc2)cc1[N+](=O)[O-]. The lowest BCUT2D eigenvalue weighted by Crippen LogP contribution is -2.02. The van der Waals surface area contributed by atoms with E-state index in [4.69, 9.17) is 4.74 Å². The van der Waals surface area contributed by atoms with Crippen molar-refractivity contribution in [3.8, 4) is 11.5 Å². The number of carbonyl (C=O) groups is 1. The number of phenolic OH excluding ortho intramolecular Hbond substituents is 1. The van der Waals surface area contributed by atoms with Gasteiger partial charge in [-0.1, -0.05) is 30.3 Å². The van der Waals surface area contributed by atoms with Gasteiger partial charge in [-0.2, -0.15) is 0 Å². The summed E-state index contributed by atoms with van der Waals surface area (Å²) in [6.07, 6.45) is 0. The summed E-state index contributed by atoms with van der Waals surface area (Å²) in [6.45, 7) is 1.36. The van der Waals surface area contributed by atoms with Crippen molar-refractivity contribution in [2.75, 3.05) is 0 Å². The molecule has 2 aromatic rings. The number of phenols is 1. The predicted molar refractivity (Wildman–Crippen MR) is 75.5 cm³/mol. The minimum absolute atomic E-state index is 0.132. The summed E-state index contributed by atoms with van der Waals surface area (Å²) in [4.78, 5) is 21.7. The number of ketones is 1. The van der Waals surface area contributed by atoms with E-state index in [1.165, 1.54) is 6.07 Å². The van der Waals surface area contributed by atoms with E-state index in [1.807, 2.05) is 30.3 Å². The highest BCUT2D eigenvalue weighted by Gasteiger charge is 2.23. The summed E-state index contributed by atoms with van der Waals surface area (Å²) in [7, 11) is 0. The van der Waals surface area contributed by atoms with Crippen molar-refractivity contribution in [1.82, 2.24) is 0 Å². The van der Waals surface area contributed by atoms with Gasteiger partial charge >= 0.3 is 0 Å². The molecule has 108 valence electrons. The molecule has 0 atom stereocenters. The molecule has 2 aromatic carbocycles. The standard InChI is InChI=1S/C15H13NO5/c1-10(17)15-13(16(19)20)7-12(8-14(15)18)21-9-11-5-3-2-4-6-11/h2-8,18H,9H2,1H3. The summed E-state index contributed by atoms with van der Waals surface area (Å²) in [6, 6.07) is 11.6. The number of nitro groups is 1. The molecule has 0 spiro atoms. The summed E-state index contributed by atoms with van der Waals surface area (Å²) < 4.78 is 5.42. The zero-order valence-electron chi connectivity index (χ0n) is 11.3. The fraction of sp³-hybridized carbons (Fsp3) is 0.133. The Morgan fingerprint density at radius 1 is 1.29 bits per heavy atom. The zero-order chi connectivity index (χ0) is 15.4. The molecule has 21 heavy (non-hydrogen) atoms. The van der Waals surface area contributed by atoms with Gasteiger partial charge < -0.3 is 9.84 Å². The van der Waals surface area contributed by atoms with E-state index in [1.54, 1.807) is 0 Å². The molecule has 0 aliphatic rings. The van der Waals surface area contributed by atoms with Crippen LogP contribution in [0.15, 0.2) is 42.5 Å². The lowest BCUT2D eigenvalue weighted by atomic mass is 10.1. The first-order chi connectivity index (χ1) is 9.99. The van der Waals surface area contributed by atoms with Crippen molar-refractivity contribution < 1.29 is 19.6 Å². The van der Waals surface area contributed by atoms with Crippen molar-refractivity contribution >= 4 is 11.5 Å². The lowest BCUT2D eigenvalue weighted by molar-refractivity contribution is -0.385. The second-order valence-electron chi connectivity index (χ2n) is 4.42. The number of carbonyl (C=O) groups excluding carboxylic acids is 1. The van der Waals surface area contributed by atoms with Crippen LogP contribution >= 0.6 is 0 Å². The van der Waals surface area contributed by atoms with Crippen LogP contribution in [0.2, 0.25) is 0 Å². The molecule has 0 fully saturated rings. The molecule has 0 amide bonds. The van der Waals surface area contributed by atoms with Gasteiger partial charge in [-0.05, 0) is 12.5 Å². The highest BCUT2D eigenvalue weighted by Crippen LogP contribution is 2.33. The molecule has 0 aliphatic heterocycles. The van der Waals surface area contributed by atoms with Gasteiger partial charge in [0.2, 0.25) is 0 Å². The third-order valence-corrected chi connectivity index (χ3v) is 2.87.